The number of carbonyl (C=O) groups is 1. The lowest BCUT2D eigenvalue weighted by Gasteiger charge is -2.26. The number of allylic oxidation sites excluding steroid dienone is 1. The average molecular weight is 432 g/mol. The highest BCUT2D eigenvalue weighted by Gasteiger charge is 2.30. The molecule has 0 aromatic heterocycles. The molecule has 164 valence electrons. The van der Waals surface area contributed by atoms with Crippen LogP contribution in [0, 0.1) is 6.92 Å². The second-order valence-corrected chi connectivity index (χ2v) is 7.24. The van der Waals surface area contributed by atoms with Crippen molar-refractivity contribution in [2.45, 2.75) is 32.2 Å². The number of alkyl halides is 3. The van der Waals surface area contributed by atoms with Gasteiger partial charge in [0.15, 0.2) is 0 Å². The van der Waals surface area contributed by atoms with E-state index < -0.39 is 17.8 Å². The second-order valence-electron chi connectivity index (χ2n) is 7.24. The van der Waals surface area contributed by atoms with Crippen molar-refractivity contribution >= 4 is 12.1 Å². The van der Waals surface area contributed by atoms with E-state index in [9.17, 15) is 23.1 Å². The van der Waals surface area contributed by atoms with Crippen LogP contribution >= 0.6 is 0 Å². The third-order valence-corrected chi connectivity index (χ3v) is 4.83. The lowest BCUT2D eigenvalue weighted by atomic mass is 10.1. The van der Waals surface area contributed by atoms with Gasteiger partial charge in [0, 0.05) is 19.2 Å². The molecule has 0 aliphatic carbocycles. The molecule has 1 atom stereocenters. The van der Waals surface area contributed by atoms with Crippen LogP contribution in [0.2, 0.25) is 0 Å². The third-order valence-electron chi connectivity index (χ3n) is 4.83. The van der Waals surface area contributed by atoms with Gasteiger partial charge in [0.05, 0.1) is 12.1 Å². The van der Waals surface area contributed by atoms with Crippen molar-refractivity contribution in [3.63, 3.8) is 0 Å². The monoisotopic (exact) mass is 432 g/mol. The van der Waals surface area contributed by atoms with Gasteiger partial charge in [-0.1, -0.05) is 24.3 Å². The Morgan fingerprint density at radius 2 is 1.90 bits per heavy atom. The number of hydrogen-bond donors (Lipinski definition) is 1. The van der Waals surface area contributed by atoms with Gasteiger partial charge in [0.2, 0.25) is 0 Å². The minimum absolute atomic E-state index is 0.0132. The van der Waals surface area contributed by atoms with E-state index in [1.807, 2.05) is 31.2 Å². The molecule has 0 saturated carbocycles. The summed E-state index contributed by atoms with van der Waals surface area (Å²) in [5, 5.41) is 10.4. The van der Waals surface area contributed by atoms with Crippen molar-refractivity contribution in [3.05, 3.63) is 77.0 Å². The summed E-state index contributed by atoms with van der Waals surface area (Å²) >= 11 is 0. The van der Waals surface area contributed by atoms with Crippen LogP contribution in [0.25, 0.3) is 0 Å². The van der Waals surface area contributed by atoms with E-state index in [1.165, 1.54) is 17.0 Å². The number of nitrogens with zero attached hydrogens (tertiary/aromatic N) is 2. The van der Waals surface area contributed by atoms with Crippen molar-refractivity contribution in [1.29, 1.82) is 0 Å². The Labute approximate surface area is 178 Å². The Hall–Kier alpha value is -3.13. The molecule has 1 amide bonds. The summed E-state index contributed by atoms with van der Waals surface area (Å²) in [7, 11) is 0. The zero-order valence-electron chi connectivity index (χ0n) is 17.0. The van der Waals surface area contributed by atoms with Crippen LogP contribution in [0.1, 0.15) is 23.1 Å². The van der Waals surface area contributed by atoms with E-state index in [2.05, 4.69) is 4.99 Å². The maximum atomic E-state index is 12.9. The highest BCUT2D eigenvalue weighted by atomic mass is 19.4. The number of aliphatic hydroxyl groups excluding tert-OH is 1. The normalized spacial score (nSPS) is 14.3. The molecule has 2 aromatic rings. The van der Waals surface area contributed by atoms with Gasteiger partial charge in [-0.3, -0.25) is 9.79 Å². The SMILES string of the molecule is Cc1ccccc1CN(CC(O)COc1ccc(C(F)(F)F)cc1)C(=O)C1=CCC=N1. The standard InChI is InChI=1S/C23H23F3N2O3/c1-16-5-2-3-6-17(16)13-28(22(30)21-7-4-12-27-21)14-19(29)15-31-20-10-8-18(9-11-20)23(24,25)26/h2-3,5-12,19,29H,4,13-15H2,1H3. The molecule has 0 saturated heterocycles. The van der Waals surface area contributed by atoms with Gasteiger partial charge in [-0.2, -0.15) is 13.2 Å². The van der Waals surface area contributed by atoms with Crippen molar-refractivity contribution in [2.24, 2.45) is 4.99 Å². The molecule has 1 heterocycles. The number of carbonyl (C=O) groups excluding carboxylic acids is 1. The number of aliphatic hydroxyl groups is 1. The smallest absolute Gasteiger partial charge is 0.416 e. The van der Waals surface area contributed by atoms with Crippen molar-refractivity contribution in [3.8, 4) is 5.75 Å². The largest absolute Gasteiger partial charge is 0.491 e. The summed E-state index contributed by atoms with van der Waals surface area (Å²) in [4.78, 5) is 18.5. The molecule has 5 nitrogen and oxygen atoms in total. The predicted molar refractivity (Wildman–Crippen MR) is 111 cm³/mol. The third kappa shape index (κ3) is 6.18. The summed E-state index contributed by atoms with van der Waals surface area (Å²) in [5.41, 5.74) is 1.50. The summed E-state index contributed by atoms with van der Waals surface area (Å²) in [5.74, 6) is -0.0995. The van der Waals surface area contributed by atoms with Crippen molar-refractivity contribution in [1.82, 2.24) is 4.90 Å². The van der Waals surface area contributed by atoms with Crippen LogP contribution in [0.4, 0.5) is 13.2 Å². The van der Waals surface area contributed by atoms with E-state index in [0.717, 1.165) is 23.3 Å². The second kappa shape index (κ2) is 9.78. The number of hydrogen-bond acceptors (Lipinski definition) is 4. The molecule has 3 rings (SSSR count). The van der Waals surface area contributed by atoms with Crippen LogP contribution < -0.4 is 4.74 Å². The molecule has 1 N–H and O–H groups in total. The summed E-state index contributed by atoms with van der Waals surface area (Å²) in [6.45, 7) is 2.04. The molecule has 0 bridgehead atoms. The van der Waals surface area contributed by atoms with Gasteiger partial charge in [-0.15, -0.1) is 0 Å². The molecule has 1 aliphatic heterocycles. The van der Waals surface area contributed by atoms with Crippen molar-refractivity contribution in [2.75, 3.05) is 13.2 Å². The van der Waals surface area contributed by atoms with Crippen molar-refractivity contribution < 1.29 is 27.8 Å². The predicted octanol–water partition coefficient (Wildman–Crippen LogP) is 4.14. The van der Waals surface area contributed by atoms with Gasteiger partial charge in [0.25, 0.3) is 5.91 Å². The number of rotatable bonds is 8. The summed E-state index contributed by atoms with van der Waals surface area (Å²) < 4.78 is 43.4. The Bertz CT molecular complexity index is 969. The van der Waals surface area contributed by atoms with E-state index in [-0.39, 0.29) is 31.4 Å². The topological polar surface area (TPSA) is 62.1 Å². The van der Waals surface area contributed by atoms with E-state index in [0.29, 0.717) is 12.1 Å². The Morgan fingerprint density at radius 1 is 1.19 bits per heavy atom. The van der Waals surface area contributed by atoms with Gasteiger partial charge in [-0.25, -0.2) is 0 Å². The molecule has 8 heteroatoms. The van der Waals surface area contributed by atoms with Crippen LogP contribution in [-0.2, 0) is 17.5 Å². The molecule has 0 radical (unpaired) electrons. The molecule has 2 aromatic carbocycles. The van der Waals surface area contributed by atoms with Gasteiger partial charge in [-0.05, 0) is 48.4 Å². The maximum Gasteiger partial charge on any atom is 0.416 e. The fourth-order valence-electron chi connectivity index (χ4n) is 3.12. The lowest BCUT2D eigenvalue weighted by Crippen LogP contribution is -2.39. The number of aliphatic imine (C=N–C) groups is 1. The van der Waals surface area contributed by atoms with E-state index in [4.69, 9.17) is 4.74 Å². The van der Waals surface area contributed by atoms with Crippen LogP contribution in [0.3, 0.4) is 0 Å². The number of amides is 1. The summed E-state index contributed by atoms with van der Waals surface area (Å²) in [6.07, 6.45) is -1.52. The number of halogens is 3. The number of aryl methyl sites for hydroxylation is 1. The fourth-order valence-corrected chi connectivity index (χ4v) is 3.12. The Morgan fingerprint density at radius 3 is 2.52 bits per heavy atom. The Balaban J connectivity index is 1.65. The molecule has 0 fully saturated rings. The highest BCUT2D eigenvalue weighted by molar-refractivity contribution is 5.96. The molecule has 31 heavy (non-hydrogen) atoms. The highest BCUT2D eigenvalue weighted by Crippen LogP contribution is 2.30. The zero-order valence-corrected chi connectivity index (χ0v) is 17.0. The van der Waals surface area contributed by atoms with Gasteiger partial charge >= 0.3 is 6.18 Å². The first-order chi connectivity index (χ1) is 14.7. The molecular formula is C23H23F3N2O3. The minimum Gasteiger partial charge on any atom is -0.491 e. The van der Waals surface area contributed by atoms with Crippen LogP contribution in [0.5, 0.6) is 5.75 Å². The first kappa shape index (κ1) is 22.6. The molecular weight excluding hydrogens is 409 g/mol. The lowest BCUT2D eigenvalue weighted by molar-refractivity contribution is -0.137. The van der Waals surface area contributed by atoms with Crippen LogP contribution in [0.15, 0.2) is 65.3 Å². The van der Waals surface area contributed by atoms with E-state index in [1.54, 1.807) is 12.3 Å². The first-order valence-corrected chi connectivity index (χ1v) is 9.78. The number of ether oxygens (including phenoxy) is 1. The first-order valence-electron chi connectivity index (χ1n) is 9.78. The molecule has 1 unspecified atom stereocenters. The minimum atomic E-state index is -4.42. The van der Waals surface area contributed by atoms with Crippen LogP contribution in [-0.4, -0.2) is 41.4 Å². The number of benzene rings is 2. The van der Waals surface area contributed by atoms with Gasteiger partial charge < -0.3 is 14.7 Å². The zero-order chi connectivity index (χ0) is 22.4. The fraction of sp³-hybridized carbons (Fsp3) is 0.304. The summed E-state index contributed by atoms with van der Waals surface area (Å²) in [6, 6.07) is 11.9. The average Bonchev–Trinajstić information content (AvgIpc) is 3.27. The molecule has 1 aliphatic rings. The van der Waals surface area contributed by atoms with E-state index >= 15 is 0 Å². The Kier molecular flexibility index (Phi) is 7.12. The maximum absolute atomic E-state index is 12.9. The quantitative estimate of drug-likeness (QED) is 0.682. The van der Waals surface area contributed by atoms with Gasteiger partial charge in [0.1, 0.15) is 24.2 Å². The molecule has 0 spiro atoms.